The van der Waals surface area contributed by atoms with Crippen LogP contribution >= 0.6 is 0 Å². The van der Waals surface area contributed by atoms with Crippen LogP contribution in [0.4, 0.5) is 0 Å². The number of rotatable bonds is 5. The number of nitriles is 1. The highest BCUT2D eigenvalue weighted by atomic mass is 16.5. The van der Waals surface area contributed by atoms with Crippen molar-refractivity contribution in [1.82, 2.24) is 10.2 Å². The Morgan fingerprint density at radius 3 is 2.70 bits per heavy atom. The molecule has 7 heteroatoms. The van der Waals surface area contributed by atoms with E-state index in [0.29, 0.717) is 41.0 Å². The van der Waals surface area contributed by atoms with Crippen LogP contribution in [0.15, 0.2) is 36.4 Å². The quantitative estimate of drug-likeness (QED) is 0.774. The first kappa shape index (κ1) is 19.6. The minimum absolute atomic E-state index is 0.133. The fourth-order valence-electron chi connectivity index (χ4n) is 3.96. The Hall–Kier alpha value is -3.66. The van der Waals surface area contributed by atoms with E-state index in [1.54, 1.807) is 41.3 Å². The maximum absolute atomic E-state index is 13.0. The lowest BCUT2D eigenvalue weighted by molar-refractivity contribution is -0.125. The number of carbonyl (C=O) groups is 3. The van der Waals surface area contributed by atoms with Crippen molar-refractivity contribution in [3.8, 4) is 11.8 Å². The number of fused-ring (bicyclic) bond motifs is 1. The molecule has 0 aromatic heterocycles. The standard InChI is InChI=1S/C23H21N3O4/c24-11-17-8-9-18-19(21(17)30-14-16-6-4-15(13-27)5-7-16)12-26(23(18)29)20-3-1-2-10-25-22(20)28/h4-9,13,20H,1-3,10,12,14H2,(H,25,28). The van der Waals surface area contributed by atoms with Crippen molar-refractivity contribution < 1.29 is 19.1 Å². The molecule has 2 heterocycles. The summed E-state index contributed by atoms with van der Waals surface area (Å²) in [5.74, 6) is 0.0305. The highest BCUT2D eigenvalue weighted by molar-refractivity contribution is 6.02. The summed E-state index contributed by atoms with van der Waals surface area (Å²) >= 11 is 0. The van der Waals surface area contributed by atoms with Crippen LogP contribution in [0.2, 0.25) is 0 Å². The van der Waals surface area contributed by atoms with Crippen molar-refractivity contribution in [1.29, 1.82) is 5.26 Å². The molecule has 1 unspecified atom stereocenters. The Kier molecular flexibility index (Phi) is 5.48. The van der Waals surface area contributed by atoms with Crippen LogP contribution in [-0.4, -0.2) is 35.6 Å². The first-order valence-corrected chi connectivity index (χ1v) is 9.94. The second-order valence-corrected chi connectivity index (χ2v) is 7.46. The Morgan fingerprint density at radius 2 is 1.97 bits per heavy atom. The monoisotopic (exact) mass is 403 g/mol. The second kappa shape index (κ2) is 8.37. The molecule has 1 atom stereocenters. The third-order valence-electron chi connectivity index (χ3n) is 5.58. The molecule has 4 rings (SSSR count). The smallest absolute Gasteiger partial charge is 0.255 e. The topological polar surface area (TPSA) is 99.5 Å². The van der Waals surface area contributed by atoms with E-state index in [9.17, 15) is 19.6 Å². The van der Waals surface area contributed by atoms with Crippen molar-refractivity contribution >= 4 is 18.1 Å². The number of ether oxygens (including phenoxy) is 1. The van der Waals surface area contributed by atoms with E-state index in [4.69, 9.17) is 4.74 Å². The molecule has 0 aliphatic carbocycles. The molecule has 1 fully saturated rings. The molecule has 0 saturated carbocycles. The minimum Gasteiger partial charge on any atom is -0.487 e. The van der Waals surface area contributed by atoms with Crippen LogP contribution in [-0.2, 0) is 17.9 Å². The molecule has 0 radical (unpaired) electrons. The molecule has 0 bridgehead atoms. The normalized spacial score (nSPS) is 18.2. The SMILES string of the molecule is N#Cc1ccc2c(c1OCc1ccc(C=O)cc1)CN(C1CCCCNC1=O)C2=O. The molecule has 7 nitrogen and oxygen atoms in total. The van der Waals surface area contributed by atoms with E-state index >= 15 is 0 Å². The predicted octanol–water partition coefficient (Wildman–Crippen LogP) is 2.57. The van der Waals surface area contributed by atoms with E-state index in [-0.39, 0.29) is 25.0 Å². The van der Waals surface area contributed by atoms with Gasteiger partial charge in [0.25, 0.3) is 5.91 Å². The maximum atomic E-state index is 13.0. The number of nitrogens with zero attached hydrogens (tertiary/aromatic N) is 2. The number of hydrogen-bond donors (Lipinski definition) is 1. The number of nitrogens with one attached hydrogen (secondary N) is 1. The van der Waals surface area contributed by atoms with E-state index in [2.05, 4.69) is 11.4 Å². The number of carbonyl (C=O) groups excluding carboxylic acids is 3. The molecule has 30 heavy (non-hydrogen) atoms. The van der Waals surface area contributed by atoms with Crippen LogP contribution in [0.5, 0.6) is 5.75 Å². The van der Waals surface area contributed by atoms with Gasteiger partial charge in [-0.1, -0.05) is 24.3 Å². The van der Waals surface area contributed by atoms with Gasteiger partial charge in [0.1, 0.15) is 30.8 Å². The Labute approximate surface area is 174 Å². The highest BCUT2D eigenvalue weighted by Crippen LogP contribution is 2.36. The molecule has 2 aliphatic rings. The molecule has 2 aromatic rings. The van der Waals surface area contributed by atoms with Crippen molar-refractivity contribution in [3.63, 3.8) is 0 Å². The molecule has 2 amide bonds. The van der Waals surface area contributed by atoms with Gasteiger partial charge in [-0.25, -0.2) is 0 Å². The lowest BCUT2D eigenvalue weighted by Gasteiger charge is -2.25. The van der Waals surface area contributed by atoms with E-state index in [0.717, 1.165) is 24.7 Å². The number of benzene rings is 2. The first-order chi connectivity index (χ1) is 14.6. The lowest BCUT2D eigenvalue weighted by Crippen LogP contribution is -2.45. The molecular formula is C23H21N3O4. The van der Waals surface area contributed by atoms with Crippen LogP contribution < -0.4 is 10.1 Å². The molecule has 0 spiro atoms. The highest BCUT2D eigenvalue weighted by Gasteiger charge is 2.38. The van der Waals surface area contributed by atoms with Gasteiger partial charge in [0.05, 0.1) is 12.1 Å². The van der Waals surface area contributed by atoms with Gasteiger partial charge in [0.2, 0.25) is 5.91 Å². The van der Waals surface area contributed by atoms with Gasteiger partial charge < -0.3 is 15.0 Å². The zero-order valence-corrected chi connectivity index (χ0v) is 16.4. The number of hydrogen-bond acceptors (Lipinski definition) is 5. The fourth-order valence-corrected chi connectivity index (χ4v) is 3.96. The van der Waals surface area contributed by atoms with E-state index < -0.39 is 6.04 Å². The largest absolute Gasteiger partial charge is 0.487 e. The van der Waals surface area contributed by atoms with Gasteiger partial charge in [0, 0.05) is 23.2 Å². The first-order valence-electron chi connectivity index (χ1n) is 9.94. The third-order valence-corrected chi connectivity index (χ3v) is 5.58. The minimum atomic E-state index is -0.512. The zero-order chi connectivity index (χ0) is 21.1. The average molecular weight is 403 g/mol. The number of aldehydes is 1. The summed E-state index contributed by atoms with van der Waals surface area (Å²) in [6.07, 6.45) is 3.16. The molecule has 2 aromatic carbocycles. The van der Waals surface area contributed by atoms with Gasteiger partial charge in [-0.15, -0.1) is 0 Å². The van der Waals surface area contributed by atoms with Gasteiger partial charge in [0.15, 0.2) is 0 Å². The maximum Gasteiger partial charge on any atom is 0.255 e. The molecule has 1 N–H and O–H groups in total. The van der Waals surface area contributed by atoms with Crippen molar-refractivity contribution in [2.45, 2.75) is 38.5 Å². The second-order valence-electron chi connectivity index (χ2n) is 7.46. The Bertz CT molecular complexity index is 1040. The van der Waals surface area contributed by atoms with Gasteiger partial charge in [-0.2, -0.15) is 5.26 Å². The van der Waals surface area contributed by atoms with Crippen LogP contribution in [0.1, 0.15) is 56.7 Å². The van der Waals surface area contributed by atoms with Crippen molar-refractivity contribution in [2.75, 3.05) is 6.54 Å². The summed E-state index contributed by atoms with van der Waals surface area (Å²) in [4.78, 5) is 37.9. The molecular weight excluding hydrogens is 382 g/mol. The van der Waals surface area contributed by atoms with Crippen molar-refractivity contribution in [3.05, 3.63) is 64.2 Å². The molecule has 1 saturated heterocycles. The van der Waals surface area contributed by atoms with Crippen LogP contribution in [0.3, 0.4) is 0 Å². The average Bonchev–Trinajstić information content (AvgIpc) is 2.95. The van der Waals surface area contributed by atoms with Crippen molar-refractivity contribution in [2.24, 2.45) is 0 Å². The van der Waals surface area contributed by atoms with Crippen LogP contribution in [0, 0.1) is 11.3 Å². The zero-order valence-electron chi connectivity index (χ0n) is 16.4. The third kappa shape index (κ3) is 3.64. The molecule has 152 valence electrons. The number of amides is 2. The summed E-state index contributed by atoms with van der Waals surface area (Å²) in [6, 6.07) is 11.8. The van der Waals surface area contributed by atoms with Gasteiger partial charge in [-0.3, -0.25) is 14.4 Å². The Morgan fingerprint density at radius 1 is 1.17 bits per heavy atom. The van der Waals surface area contributed by atoms with E-state index in [1.807, 2.05) is 0 Å². The van der Waals surface area contributed by atoms with Crippen LogP contribution in [0.25, 0.3) is 0 Å². The Balaban J connectivity index is 1.61. The lowest BCUT2D eigenvalue weighted by atomic mass is 10.0. The van der Waals surface area contributed by atoms with Gasteiger partial charge >= 0.3 is 0 Å². The summed E-state index contributed by atoms with van der Waals surface area (Å²) in [5.41, 5.74) is 2.86. The van der Waals surface area contributed by atoms with E-state index in [1.165, 1.54) is 0 Å². The van der Waals surface area contributed by atoms with Gasteiger partial charge in [-0.05, 0) is 37.0 Å². The summed E-state index contributed by atoms with van der Waals surface area (Å²) in [6.45, 7) is 1.06. The summed E-state index contributed by atoms with van der Waals surface area (Å²) in [7, 11) is 0. The predicted molar refractivity (Wildman–Crippen MR) is 108 cm³/mol. The summed E-state index contributed by atoms with van der Waals surface area (Å²) < 4.78 is 5.98. The molecule has 2 aliphatic heterocycles. The fraction of sp³-hybridized carbons (Fsp3) is 0.304. The summed E-state index contributed by atoms with van der Waals surface area (Å²) in [5, 5.41) is 12.4.